The molecular weight excluding hydrogens is 206 g/mol. The normalized spacial score (nSPS) is 40.4. The molecule has 0 spiro atoms. The van der Waals surface area contributed by atoms with Crippen molar-refractivity contribution in [3.05, 3.63) is 0 Å². The highest BCUT2D eigenvalue weighted by Crippen LogP contribution is 2.39. The molecule has 0 aromatic carbocycles. The summed E-state index contributed by atoms with van der Waals surface area (Å²) in [7, 11) is 0. The van der Waals surface area contributed by atoms with Gasteiger partial charge in [-0.2, -0.15) is 0 Å². The molecule has 3 unspecified atom stereocenters. The fourth-order valence-electron chi connectivity index (χ4n) is 4.18. The van der Waals surface area contributed by atoms with Crippen molar-refractivity contribution in [3.8, 4) is 0 Å². The van der Waals surface area contributed by atoms with Crippen molar-refractivity contribution in [3.63, 3.8) is 0 Å². The monoisotopic (exact) mass is 237 g/mol. The van der Waals surface area contributed by atoms with Gasteiger partial charge in [0.15, 0.2) is 0 Å². The van der Waals surface area contributed by atoms with Crippen LogP contribution < -0.4 is 5.32 Å². The first-order valence-corrected chi connectivity index (χ1v) is 7.94. The third-order valence-corrected chi connectivity index (χ3v) is 5.25. The minimum atomic E-state index is 0.831. The van der Waals surface area contributed by atoms with Crippen LogP contribution >= 0.6 is 0 Å². The Hall–Kier alpha value is -0.0400. The van der Waals surface area contributed by atoms with Gasteiger partial charge in [-0.05, 0) is 55.9 Å². The summed E-state index contributed by atoms with van der Waals surface area (Å²) in [4.78, 5) is 0. The predicted octanol–water partition coefficient (Wildman–Crippen LogP) is 4.23. The van der Waals surface area contributed by atoms with E-state index in [1.807, 2.05) is 0 Å². The summed E-state index contributed by atoms with van der Waals surface area (Å²) in [5, 5.41) is 3.83. The van der Waals surface area contributed by atoms with Crippen molar-refractivity contribution < 1.29 is 0 Å². The van der Waals surface area contributed by atoms with E-state index < -0.39 is 0 Å². The lowest BCUT2D eigenvalue weighted by Gasteiger charge is -2.36. The molecule has 1 heteroatoms. The van der Waals surface area contributed by atoms with Gasteiger partial charge in [0, 0.05) is 6.04 Å². The topological polar surface area (TPSA) is 12.0 Å². The maximum Gasteiger partial charge on any atom is 0.0124 e. The molecule has 2 aliphatic carbocycles. The Labute approximate surface area is 108 Å². The highest BCUT2D eigenvalue weighted by atomic mass is 14.9. The van der Waals surface area contributed by atoms with Gasteiger partial charge in [0.1, 0.15) is 0 Å². The van der Waals surface area contributed by atoms with Crippen LogP contribution in [0.25, 0.3) is 0 Å². The van der Waals surface area contributed by atoms with Gasteiger partial charge in [-0.15, -0.1) is 0 Å². The molecule has 3 atom stereocenters. The molecule has 0 heterocycles. The molecule has 0 amide bonds. The van der Waals surface area contributed by atoms with E-state index in [4.69, 9.17) is 0 Å². The van der Waals surface area contributed by atoms with E-state index in [0.29, 0.717) is 0 Å². The van der Waals surface area contributed by atoms with Gasteiger partial charge in [0.25, 0.3) is 0 Å². The van der Waals surface area contributed by atoms with Crippen molar-refractivity contribution in [2.45, 2.75) is 71.8 Å². The Bertz CT molecular complexity index is 218. The van der Waals surface area contributed by atoms with Gasteiger partial charge in [-0.3, -0.25) is 0 Å². The second kappa shape index (κ2) is 6.22. The van der Waals surface area contributed by atoms with Crippen LogP contribution in [0.3, 0.4) is 0 Å². The fourth-order valence-corrected chi connectivity index (χ4v) is 4.18. The molecule has 0 saturated heterocycles. The van der Waals surface area contributed by atoms with E-state index in [2.05, 4.69) is 26.1 Å². The van der Waals surface area contributed by atoms with Crippen LogP contribution in [-0.2, 0) is 0 Å². The van der Waals surface area contributed by atoms with Crippen molar-refractivity contribution in [1.29, 1.82) is 0 Å². The molecule has 2 saturated carbocycles. The van der Waals surface area contributed by atoms with E-state index in [1.165, 1.54) is 44.9 Å². The third kappa shape index (κ3) is 3.47. The van der Waals surface area contributed by atoms with Gasteiger partial charge in [0.2, 0.25) is 0 Å². The Morgan fingerprint density at radius 1 is 0.882 bits per heavy atom. The Morgan fingerprint density at radius 3 is 2.00 bits per heavy atom. The first-order valence-electron chi connectivity index (χ1n) is 7.94. The predicted molar refractivity (Wildman–Crippen MR) is 75.1 cm³/mol. The van der Waals surface area contributed by atoms with E-state index in [-0.39, 0.29) is 0 Å². The Kier molecular flexibility index (Phi) is 4.90. The van der Waals surface area contributed by atoms with E-state index in [0.717, 1.165) is 36.3 Å². The zero-order valence-electron chi connectivity index (χ0n) is 12.0. The van der Waals surface area contributed by atoms with E-state index in [1.54, 1.807) is 0 Å². The highest BCUT2D eigenvalue weighted by molar-refractivity contribution is 4.89. The van der Waals surface area contributed by atoms with Crippen LogP contribution in [0.4, 0.5) is 0 Å². The van der Waals surface area contributed by atoms with Crippen molar-refractivity contribution >= 4 is 0 Å². The van der Waals surface area contributed by atoms with E-state index in [9.17, 15) is 0 Å². The molecule has 1 N–H and O–H groups in total. The first-order chi connectivity index (χ1) is 8.20. The lowest BCUT2D eigenvalue weighted by Crippen LogP contribution is -2.42. The van der Waals surface area contributed by atoms with Crippen molar-refractivity contribution in [1.82, 2.24) is 5.32 Å². The average molecular weight is 237 g/mol. The molecule has 0 aromatic rings. The molecule has 0 bridgehead atoms. The van der Waals surface area contributed by atoms with Crippen LogP contribution in [0.2, 0.25) is 0 Å². The SMILES string of the molecule is CCNC(C1CCC(C)CC1)C1CCC(C)C1. The minimum Gasteiger partial charge on any atom is -0.314 e. The molecule has 100 valence electrons. The van der Waals surface area contributed by atoms with Gasteiger partial charge in [-0.25, -0.2) is 0 Å². The molecular formula is C16H31N. The number of nitrogens with one attached hydrogen (secondary N) is 1. The average Bonchev–Trinajstić information content (AvgIpc) is 2.74. The van der Waals surface area contributed by atoms with Crippen LogP contribution in [0.5, 0.6) is 0 Å². The summed E-state index contributed by atoms with van der Waals surface area (Å²) in [6, 6.07) is 0.831. The highest BCUT2D eigenvalue weighted by Gasteiger charge is 2.34. The minimum absolute atomic E-state index is 0.831. The zero-order chi connectivity index (χ0) is 12.3. The van der Waals surface area contributed by atoms with Gasteiger partial charge < -0.3 is 5.32 Å². The summed E-state index contributed by atoms with van der Waals surface area (Å²) in [5.74, 6) is 3.91. The van der Waals surface area contributed by atoms with Crippen molar-refractivity contribution in [2.24, 2.45) is 23.7 Å². The summed E-state index contributed by atoms with van der Waals surface area (Å²) in [6.45, 7) is 8.29. The molecule has 2 aliphatic rings. The number of hydrogen-bond donors (Lipinski definition) is 1. The summed E-state index contributed by atoms with van der Waals surface area (Å²) < 4.78 is 0. The summed E-state index contributed by atoms with van der Waals surface area (Å²) in [6.07, 6.45) is 10.3. The third-order valence-electron chi connectivity index (χ3n) is 5.25. The smallest absolute Gasteiger partial charge is 0.0124 e. The van der Waals surface area contributed by atoms with E-state index >= 15 is 0 Å². The molecule has 17 heavy (non-hydrogen) atoms. The molecule has 2 rings (SSSR count). The Morgan fingerprint density at radius 2 is 1.47 bits per heavy atom. The molecule has 1 nitrogen and oxygen atoms in total. The maximum atomic E-state index is 3.83. The van der Waals surface area contributed by atoms with Crippen LogP contribution in [-0.4, -0.2) is 12.6 Å². The standard InChI is InChI=1S/C16H31N/c1-4-17-16(15-10-7-13(3)11-15)14-8-5-12(2)6-9-14/h12-17H,4-11H2,1-3H3. The summed E-state index contributed by atoms with van der Waals surface area (Å²) >= 11 is 0. The van der Waals surface area contributed by atoms with Crippen LogP contribution in [0, 0.1) is 23.7 Å². The largest absolute Gasteiger partial charge is 0.314 e. The van der Waals surface area contributed by atoms with Gasteiger partial charge in [-0.1, -0.05) is 40.0 Å². The molecule has 0 aromatic heterocycles. The zero-order valence-corrected chi connectivity index (χ0v) is 12.0. The quantitative estimate of drug-likeness (QED) is 0.771. The lowest BCUT2D eigenvalue weighted by molar-refractivity contribution is 0.184. The maximum absolute atomic E-state index is 3.83. The number of rotatable bonds is 4. The van der Waals surface area contributed by atoms with Gasteiger partial charge >= 0.3 is 0 Å². The second-order valence-electron chi connectivity index (χ2n) is 6.78. The second-order valence-corrected chi connectivity index (χ2v) is 6.78. The molecule has 0 aliphatic heterocycles. The van der Waals surface area contributed by atoms with Crippen molar-refractivity contribution in [2.75, 3.05) is 6.54 Å². The summed E-state index contributed by atoms with van der Waals surface area (Å²) in [5.41, 5.74) is 0. The molecule has 0 radical (unpaired) electrons. The Balaban J connectivity index is 1.91. The fraction of sp³-hybridized carbons (Fsp3) is 1.00. The van der Waals surface area contributed by atoms with Crippen LogP contribution in [0.1, 0.15) is 65.7 Å². The van der Waals surface area contributed by atoms with Gasteiger partial charge in [0.05, 0.1) is 0 Å². The first kappa shape index (κ1) is 13.4. The van der Waals surface area contributed by atoms with Crippen LogP contribution in [0.15, 0.2) is 0 Å². The number of hydrogen-bond acceptors (Lipinski definition) is 1. The molecule has 2 fully saturated rings. The lowest BCUT2D eigenvalue weighted by atomic mass is 9.75.